The van der Waals surface area contributed by atoms with Crippen molar-refractivity contribution in [1.82, 2.24) is 45.3 Å². The Kier molecular flexibility index (Phi) is 9.82. The van der Waals surface area contributed by atoms with E-state index in [1.165, 1.54) is 11.1 Å². The third kappa shape index (κ3) is 7.86. The van der Waals surface area contributed by atoms with E-state index in [4.69, 9.17) is 4.52 Å². The van der Waals surface area contributed by atoms with Gasteiger partial charge in [-0.15, -0.1) is 0 Å². The molecule has 14 heteroatoms. The van der Waals surface area contributed by atoms with Crippen molar-refractivity contribution >= 4 is 29.1 Å². The van der Waals surface area contributed by atoms with E-state index in [0.29, 0.717) is 37.0 Å². The molecule has 7 rings (SSSR count). The van der Waals surface area contributed by atoms with Gasteiger partial charge in [-0.3, -0.25) is 19.7 Å². The smallest absolute Gasteiger partial charge is 0.292 e. The van der Waals surface area contributed by atoms with Gasteiger partial charge in [0.05, 0.1) is 11.2 Å². The number of benzene rings is 1. The van der Waals surface area contributed by atoms with Crippen molar-refractivity contribution in [2.24, 2.45) is 0 Å². The summed E-state index contributed by atoms with van der Waals surface area (Å²) in [5, 5.41) is 16.8. The molecule has 1 unspecified atom stereocenters. The minimum atomic E-state index is -0.438. The molecule has 2 aliphatic heterocycles. The Morgan fingerprint density at radius 1 is 1.06 bits per heavy atom. The van der Waals surface area contributed by atoms with Crippen LogP contribution in [0.4, 0.5) is 5.82 Å². The summed E-state index contributed by atoms with van der Waals surface area (Å²) in [6, 6.07) is 11.9. The average Bonchev–Trinajstić information content (AvgIpc) is 3.80. The number of aromatic nitrogens is 6. The van der Waals surface area contributed by atoms with Crippen molar-refractivity contribution in [3.63, 3.8) is 0 Å². The van der Waals surface area contributed by atoms with E-state index in [1.54, 1.807) is 6.33 Å². The van der Waals surface area contributed by atoms with Gasteiger partial charge in [-0.1, -0.05) is 44.1 Å². The van der Waals surface area contributed by atoms with Crippen LogP contribution in [0.25, 0.3) is 16.8 Å². The summed E-state index contributed by atoms with van der Waals surface area (Å²) < 4.78 is 7.16. The van der Waals surface area contributed by atoms with Crippen LogP contribution in [-0.4, -0.2) is 78.0 Å². The number of aryl methyl sites for hydroxylation is 1. The average molecular weight is 705 g/mol. The van der Waals surface area contributed by atoms with E-state index >= 15 is 0 Å². The van der Waals surface area contributed by atoms with Gasteiger partial charge in [-0.2, -0.15) is 10.1 Å². The first-order valence-electron chi connectivity index (χ1n) is 17.8. The third-order valence-electron chi connectivity index (χ3n) is 9.91. The zero-order chi connectivity index (χ0) is 36.4. The first-order valence-corrected chi connectivity index (χ1v) is 17.8. The predicted octanol–water partition coefficient (Wildman–Crippen LogP) is 4.35. The molecule has 270 valence electrons. The molecular formula is C38H44N10O4. The highest BCUT2D eigenvalue weighted by Gasteiger charge is 2.27. The van der Waals surface area contributed by atoms with Gasteiger partial charge in [0.25, 0.3) is 11.7 Å². The summed E-state index contributed by atoms with van der Waals surface area (Å²) in [6.45, 7) is 11.2. The molecule has 0 bridgehead atoms. The van der Waals surface area contributed by atoms with Crippen LogP contribution in [0.1, 0.15) is 91.1 Å². The molecule has 1 atom stereocenters. The van der Waals surface area contributed by atoms with Crippen molar-refractivity contribution in [3.05, 3.63) is 89.1 Å². The second-order valence-electron chi connectivity index (χ2n) is 14.8. The fourth-order valence-corrected chi connectivity index (χ4v) is 6.78. The SMILES string of the molecule is Cc1cc(-c2ncnn3cc(CCN4CCC(c5ccc(NC6CCC(=O)NC6=O)nc5)CC4)cc23)ccc1CNC(=O)c1noc(C(C)(C)C)n1. The second kappa shape index (κ2) is 14.6. The number of hydrogen-bond acceptors (Lipinski definition) is 11. The van der Waals surface area contributed by atoms with Crippen molar-refractivity contribution in [1.29, 1.82) is 0 Å². The number of carbonyl (C=O) groups is 3. The summed E-state index contributed by atoms with van der Waals surface area (Å²) in [5.74, 6) is 0.639. The van der Waals surface area contributed by atoms with E-state index in [0.717, 1.165) is 66.8 Å². The van der Waals surface area contributed by atoms with Crippen LogP contribution >= 0.6 is 0 Å². The van der Waals surface area contributed by atoms with Gasteiger partial charge in [0.1, 0.15) is 18.2 Å². The lowest BCUT2D eigenvalue weighted by Crippen LogP contribution is -2.47. The van der Waals surface area contributed by atoms with Gasteiger partial charge < -0.3 is 20.1 Å². The van der Waals surface area contributed by atoms with Crippen molar-refractivity contribution in [2.45, 2.75) is 83.7 Å². The Bertz CT molecular complexity index is 2090. The minimum absolute atomic E-state index is 0.0267. The highest BCUT2D eigenvalue weighted by atomic mass is 16.5. The highest BCUT2D eigenvalue weighted by Crippen LogP contribution is 2.29. The number of nitrogens with one attached hydrogen (secondary N) is 3. The zero-order valence-corrected chi connectivity index (χ0v) is 30.0. The molecule has 6 heterocycles. The fraction of sp³-hybridized carbons (Fsp3) is 0.421. The van der Waals surface area contributed by atoms with Gasteiger partial charge in [-0.25, -0.2) is 14.5 Å². The number of piperidine rings is 2. The number of likely N-dealkylation sites (tertiary alicyclic amines) is 1. The summed E-state index contributed by atoms with van der Waals surface area (Å²) in [6.07, 6.45) is 9.42. The molecule has 3 amide bonds. The van der Waals surface area contributed by atoms with E-state index in [1.807, 2.05) is 56.6 Å². The van der Waals surface area contributed by atoms with Gasteiger partial charge in [0, 0.05) is 42.9 Å². The number of pyridine rings is 1. The maximum atomic E-state index is 12.7. The van der Waals surface area contributed by atoms with Crippen LogP contribution in [-0.2, 0) is 28.0 Å². The molecule has 1 aromatic carbocycles. The standard InChI is InChI=1S/C38H44N10O4/c1-23-17-26(5-6-27(23)19-40-36(51)34-45-37(52-46-34)38(2,3)4)33-30-18-24(21-48(30)42-22-41-33)11-14-47-15-12-25(13-16-47)28-7-9-31(39-20-28)43-29-8-10-32(49)44-35(29)50/h5-7,9,17-18,20-22,25,29H,8,10-16,19H2,1-4H3,(H,39,43)(H,40,51)(H,44,49,50). The number of anilines is 1. The van der Waals surface area contributed by atoms with E-state index < -0.39 is 6.04 Å². The van der Waals surface area contributed by atoms with Gasteiger partial charge >= 0.3 is 0 Å². The van der Waals surface area contributed by atoms with E-state index in [-0.39, 0.29) is 29.0 Å². The first-order chi connectivity index (χ1) is 25.0. The van der Waals surface area contributed by atoms with Gasteiger partial charge in [0.2, 0.25) is 17.7 Å². The molecule has 0 aliphatic carbocycles. The molecule has 2 aliphatic rings. The Labute approximate surface area is 301 Å². The van der Waals surface area contributed by atoms with Crippen molar-refractivity contribution in [3.8, 4) is 11.3 Å². The fourth-order valence-electron chi connectivity index (χ4n) is 6.78. The summed E-state index contributed by atoms with van der Waals surface area (Å²) in [4.78, 5) is 52.1. The minimum Gasteiger partial charge on any atom is -0.358 e. The van der Waals surface area contributed by atoms with Crippen LogP contribution in [0, 0.1) is 6.92 Å². The normalized spacial score (nSPS) is 17.3. The Morgan fingerprint density at radius 2 is 1.88 bits per heavy atom. The quantitative estimate of drug-likeness (QED) is 0.177. The van der Waals surface area contributed by atoms with E-state index in [9.17, 15) is 14.4 Å². The number of rotatable bonds is 10. The lowest BCUT2D eigenvalue weighted by atomic mass is 9.90. The number of fused-ring (bicyclic) bond motifs is 1. The Hall–Kier alpha value is -5.50. The van der Waals surface area contributed by atoms with Crippen LogP contribution in [0.3, 0.4) is 0 Å². The molecule has 0 spiro atoms. The molecule has 3 N–H and O–H groups in total. The maximum absolute atomic E-state index is 12.7. The first kappa shape index (κ1) is 34.9. The maximum Gasteiger partial charge on any atom is 0.292 e. The number of imide groups is 1. The number of carbonyl (C=O) groups excluding carboxylic acids is 3. The largest absolute Gasteiger partial charge is 0.358 e. The summed E-state index contributed by atoms with van der Waals surface area (Å²) in [5.41, 5.74) is 6.89. The summed E-state index contributed by atoms with van der Waals surface area (Å²) >= 11 is 0. The molecular weight excluding hydrogens is 660 g/mol. The molecule has 14 nitrogen and oxygen atoms in total. The van der Waals surface area contributed by atoms with E-state index in [2.05, 4.69) is 70.5 Å². The monoisotopic (exact) mass is 704 g/mol. The Balaban J connectivity index is 0.915. The van der Waals surface area contributed by atoms with Crippen molar-refractivity contribution in [2.75, 3.05) is 25.0 Å². The molecule has 2 fully saturated rings. The number of nitrogens with zero attached hydrogens (tertiary/aromatic N) is 7. The molecule has 0 saturated carbocycles. The van der Waals surface area contributed by atoms with Gasteiger partial charge in [-0.05, 0) is 92.1 Å². The van der Waals surface area contributed by atoms with Crippen molar-refractivity contribution < 1.29 is 18.9 Å². The molecule has 4 aromatic heterocycles. The van der Waals surface area contributed by atoms with Gasteiger partial charge in [0.15, 0.2) is 0 Å². The lowest BCUT2D eigenvalue weighted by Gasteiger charge is -2.32. The second-order valence-corrected chi connectivity index (χ2v) is 14.8. The lowest BCUT2D eigenvalue weighted by molar-refractivity contribution is -0.133. The Morgan fingerprint density at radius 3 is 2.60 bits per heavy atom. The molecule has 0 radical (unpaired) electrons. The highest BCUT2D eigenvalue weighted by molar-refractivity contribution is 6.01. The number of hydrogen-bond donors (Lipinski definition) is 3. The molecule has 2 saturated heterocycles. The molecule has 5 aromatic rings. The van der Waals surface area contributed by atoms with Crippen LogP contribution in [0.15, 0.2) is 59.6 Å². The van der Waals surface area contributed by atoms with Crippen LogP contribution in [0.2, 0.25) is 0 Å². The number of amides is 3. The summed E-state index contributed by atoms with van der Waals surface area (Å²) in [7, 11) is 0. The molecule has 52 heavy (non-hydrogen) atoms. The topological polar surface area (TPSA) is 173 Å². The van der Waals surface area contributed by atoms with Crippen LogP contribution < -0.4 is 16.0 Å². The predicted molar refractivity (Wildman–Crippen MR) is 193 cm³/mol. The zero-order valence-electron chi connectivity index (χ0n) is 30.0. The third-order valence-corrected chi connectivity index (χ3v) is 9.91. The van der Waals surface area contributed by atoms with Crippen LogP contribution in [0.5, 0.6) is 0 Å².